The lowest BCUT2D eigenvalue weighted by Gasteiger charge is -2.13. The molecule has 0 N–H and O–H groups in total. The normalized spacial score (nSPS) is 14.7. The highest BCUT2D eigenvalue weighted by atomic mass is 35.5. The Hall–Kier alpha value is 1.60. The SMILES string of the molecule is C[CH2][AlH2].Cl.Cl.[CH3][Al]1[CH2]CCC[O]1. The standard InChI is InChI=1S/C4H8O.C2H5.CH3.2Al.2ClH.2H/c1-2-3-4-5;1-2;;;;;;;/h1-4H2;1H2,2H3;1H3;;;2*1H;;/q-1;;;;+1;;;;. The highest BCUT2D eigenvalue weighted by molar-refractivity contribution is 6.50. The molecule has 0 saturated carbocycles. The van der Waals surface area contributed by atoms with E-state index in [0.29, 0.717) is 0 Å². The van der Waals surface area contributed by atoms with Crippen LogP contribution in [-0.2, 0) is 3.79 Å². The van der Waals surface area contributed by atoms with Crippen molar-refractivity contribution in [1.82, 2.24) is 0 Å². The van der Waals surface area contributed by atoms with Crippen LogP contribution >= 0.6 is 24.8 Å². The first-order valence-corrected chi connectivity index (χ1v) is 8.28. The fourth-order valence-corrected chi connectivity index (χ4v) is 2.50. The van der Waals surface area contributed by atoms with Crippen LogP contribution in [-0.4, -0.2) is 37.4 Å². The summed E-state index contributed by atoms with van der Waals surface area (Å²) in [6, 6.07) is 0. The predicted molar refractivity (Wildman–Crippen MR) is 65.1 cm³/mol. The van der Waals surface area contributed by atoms with Crippen LogP contribution < -0.4 is 0 Å². The van der Waals surface area contributed by atoms with Gasteiger partial charge in [0.2, 0.25) is 16.3 Å². The Bertz CT molecular complexity index is 70.4. The third kappa shape index (κ3) is 14.1. The van der Waals surface area contributed by atoms with Crippen LogP contribution in [0.25, 0.3) is 0 Å². The summed E-state index contributed by atoms with van der Waals surface area (Å²) in [5.41, 5.74) is 0. The van der Waals surface area contributed by atoms with E-state index in [2.05, 4.69) is 12.7 Å². The lowest BCUT2D eigenvalue weighted by molar-refractivity contribution is 0.291. The Morgan fingerprint density at radius 2 is 1.83 bits per heavy atom. The van der Waals surface area contributed by atoms with Crippen LogP contribution in [0.3, 0.4) is 0 Å². The molecule has 0 spiro atoms. The predicted octanol–water partition coefficient (Wildman–Crippen LogP) is 2.32. The van der Waals surface area contributed by atoms with Gasteiger partial charge in [0.25, 0.3) is 0 Å². The highest BCUT2D eigenvalue weighted by Gasteiger charge is 2.15. The van der Waals surface area contributed by atoms with Gasteiger partial charge in [0.15, 0.2) is 0 Å². The molecule has 1 heterocycles. The Morgan fingerprint density at radius 1 is 1.33 bits per heavy atom. The fourth-order valence-electron chi connectivity index (χ4n) is 0.902. The zero-order valence-corrected chi connectivity index (χ0v) is 13.1. The van der Waals surface area contributed by atoms with E-state index in [4.69, 9.17) is 3.79 Å². The highest BCUT2D eigenvalue weighted by Crippen LogP contribution is 2.09. The molecular weight excluding hydrogens is 225 g/mol. The Labute approximate surface area is 102 Å². The summed E-state index contributed by atoms with van der Waals surface area (Å²) in [4.78, 5) is 0. The van der Waals surface area contributed by atoms with Crippen molar-refractivity contribution < 1.29 is 3.79 Å². The van der Waals surface area contributed by atoms with Crippen LogP contribution in [0.1, 0.15) is 19.8 Å². The molecule has 1 nitrogen and oxygen atoms in total. The van der Waals surface area contributed by atoms with Gasteiger partial charge in [-0.2, -0.15) is 0 Å². The molecule has 12 heavy (non-hydrogen) atoms. The molecule has 0 radical (unpaired) electrons. The van der Waals surface area contributed by atoms with Crippen LogP contribution in [0.15, 0.2) is 0 Å². The van der Waals surface area contributed by atoms with Crippen molar-refractivity contribution in [3.05, 3.63) is 0 Å². The maximum atomic E-state index is 5.42. The topological polar surface area (TPSA) is 9.23 Å². The molecule has 74 valence electrons. The van der Waals surface area contributed by atoms with Crippen molar-refractivity contribution in [2.45, 2.75) is 36.1 Å². The largest absolute Gasteiger partial charge is 0.501 e. The lowest BCUT2D eigenvalue weighted by atomic mass is 10.4. The fraction of sp³-hybridized carbons (Fsp3) is 1.00. The van der Waals surface area contributed by atoms with Crippen molar-refractivity contribution in [2.75, 3.05) is 6.61 Å². The number of rotatable bonds is 0. The molecular formula is C7H20Al2Cl2O. The van der Waals surface area contributed by atoms with Crippen LogP contribution in [0, 0.1) is 0 Å². The smallest absolute Gasteiger partial charge is 0.457 e. The van der Waals surface area contributed by atoms with Crippen LogP contribution in [0.5, 0.6) is 0 Å². The summed E-state index contributed by atoms with van der Waals surface area (Å²) in [6.07, 6.45) is 2.73. The summed E-state index contributed by atoms with van der Waals surface area (Å²) in [7, 11) is 0. The van der Waals surface area contributed by atoms with Crippen molar-refractivity contribution >= 4 is 55.6 Å². The van der Waals surface area contributed by atoms with Crippen LogP contribution in [0.4, 0.5) is 0 Å². The van der Waals surface area contributed by atoms with E-state index in [0.717, 1.165) is 6.61 Å². The summed E-state index contributed by atoms with van der Waals surface area (Å²) in [6.45, 7) is 3.24. The summed E-state index contributed by atoms with van der Waals surface area (Å²) < 4.78 is 5.42. The quantitative estimate of drug-likeness (QED) is 0.595. The minimum Gasteiger partial charge on any atom is -0.501 e. The molecule has 0 aromatic carbocycles. The van der Waals surface area contributed by atoms with Gasteiger partial charge in [-0.15, -0.1) is 30.1 Å². The second-order valence-electron chi connectivity index (χ2n) is 2.88. The summed E-state index contributed by atoms with van der Waals surface area (Å²) in [5.74, 6) is 2.28. The van der Waals surface area contributed by atoms with E-state index in [1.165, 1.54) is 39.7 Å². The van der Waals surface area contributed by atoms with E-state index in [1.54, 1.807) is 0 Å². The average Bonchev–Trinajstić information content (AvgIpc) is 1.91. The molecule has 1 saturated heterocycles. The first-order valence-electron chi connectivity index (χ1n) is 4.42. The first-order chi connectivity index (χ1) is 4.81. The lowest BCUT2D eigenvalue weighted by Crippen LogP contribution is -2.18. The minimum atomic E-state index is -0.595. The Balaban J connectivity index is -0.000000146. The van der Waals surface area contributed by atoms with Gasteiger partial charge < -0.3 is 3.79 Å². The van der Waals surface area contributed by atoms with Gasteiger partial charge in [0, 0.05) is 6.61 Å². The molecule has 0 unspecified atom stereocenters. The second-order valence-corrected chi connectivity index (χ2v) is 6.83. The Morgan fingerprint density at radius 3 is 2.00 bits per heavy atom. The zero-order chi connectivity index (χ0) is 7.82. The maximum absolute atomic E-state index is 5.42. The molecule has 0 aliphatic carbocycles. The van der Waals surface area contributed by atoms with Crippen molar-refractivity contribution in [2.24, 2.45) is 0 Å². The van der Waals surface area contributed by atoms with Crippen molar-refractivity contribution in [3.8, 4) is 0 Å². The third-order valence-corrected chi connectivity index (χ3v) is 3.43. The van der Waals surface area contributed by atoms with Crippen molar-refractivity contribution in [1.29, 1.82) is 0 Å². The molecule has 1 rings (SSSR count). The van der Waals surface area contributed by atoms with Gasteiger partial charge in [0.05, 0.1) is 0 Å². The van der Waals surface area contributed by atoms with Crippen molar-refractivity contribution in [3.63, 3.8) is 0 Å². The second kappa shape index (κ2) is 15.1. The molecule has 1 aliphatic rings. The van der Waals surface area contributed by atoms with Gasteiger partial charge in [-0.3, -0.25) is 0 Å². The molecule has 1 aliphatic heterocycles. The summed E-state index contributed by atoms with van der Waals surface area (Å²) >= 11 is 0.774. The molecule has 0 amide bonds. The van der Waals surface area contributed by atoms with Gasteiger partial charge in [0.1, 0.15) is 0 Å². The van der Waals surface area contributed by atoms with E-state index >= 15 is 0 Å². The number of hydrogen-bond acceptors (Lipinski definition) is 1. The number of hydrogen-bond donors (Lipinski definition) is 0. The average molecular weight is 245 g/mol. The van der Waals surface area contributed by atoms with E-state index in [1.807, 2.05) is 0 Å². The van der Waals surface area contributed by atoms with Gasteiger partial charge >= 0.3 is 14.5 Å². The monoisotopic (exact) mass is 244 g/mol. The van der Waals surface area contributed by atoms with Crippen LogP contribution in [0.2, 0.25) is 16.4 Å². The van der Waals surface area contributed by atoms with E-state index in [9.17, 15) is 0 Å². The van der Waals surface area contributed by atoms with Gasteiger partial charge in [-0.1, -0.05) is 24.4 Å². The zero-order valence-electron chi connectivity index (χ0n) is 8.34. The molecule has 0 aromatic heterocycles. The van der Waals surface area contributed by atoms with E-state index in [-0.39, 0.29) is 24.8 Å². The van der Waals surface area contributed by atoms with Gasteiger partial charge in [-0.25, -0.2) is 0 Å². The molecule has 0 aromatic rings. The van der Waals surface area contributed by atoms with E-state index < -0.39 is 14.5 Å². The third-order valence-electron chi connectivity index (χ3n) is 1.41. The van der Waals surface area contributed by atoms with Gasteiger partial charge in [-0.05, 0) is 6.42 Å². The minimum absolute atomic E-state index is 0. The Kier molecular flexibility index (Phi) is 24.2. The molecule has 0 bridgehead atoms. The molecule has 5 heteroatoms. The molecule has 0 atom stereocenters. The number of halogens is 2. The maximum Gasteiger partial charge on any atom is 0.457 e. The summed E-state index contributed by atoms with van der Waals surface area (Å²) in [5, 5.41) is 2.79. The molecule has 1 fully saturated rings. The first kappa shape index (κ1) is 19.2.